The fourth-order valence-electron chi connectivity index (χ4n) is 6.24. The molecule has 0 fully saturated rings. The first kappa shape index (κ1) is 44.3. The molecular formula is C44H58O8P2. The van der Waals surface area contributed by atoms with Crippen molar-refractivity contribution >= 4 is 26.7 Å². The molecule has 0 heterocycles. The maximum atomic E-state index is 12.6. The van der Waals surface area contributed by atoms with Crippen LogP contribution in [0.2, 0.25) is 0 Å². The molecule has 292 valence electrons. The smallest absolute Gasteiger partial charge is 0.225 e. The predicted molar refractivity (Wildman–Crippen MR) is 222 cm³/mol. The highest BCUT2D eigenvalue weighted by Crippen LogP contribution is 2.39. The van der Waals surface area contributed by atoms with Crippen molar-refractivity contribution < 1.29 is 37.7 Å². The van der Waals surface area contributed by atoms with Crippen molar-refractivity contribution in [1.29, 1.82) is 0 Å². The third-order valence-electron chi connectivity index (χ3n) is 9.24. The molecule has 2 unspecified atom stereocenters. The molecule has 8 nitrogen and oxygen atoms in total. The second-order valence-electron chi connectivity index (χ2n) is 13.1. The Kier molecular flexibility index (Phi) is 21.2. The molecule has 0 aliphatic heterocycles. The molecule has 0 N–H and O–H groups in total. The average molecular weight is 777 g/mol. The summed E-state index contributed by atoms with van der Waals surface area (Å²) in [5, 5.41) is 0. The maximum Gasteiger partial charge on any atom is 0.225 e. The van der Waals surface area contributed by atoms with Gasteiger partial charge in [-0.25, -0.2) is 0 Å². The number of benzene rings is 4. The molecule has 4 aromatic carbocycles. The minimum absolute atomic E-state index is 0.292. The summed E-state index contributed by atoms with van der Waals surface area (Å²) in [7, 11) is 1.25. The summed E-state index contributed by atoms with van der Waals surface area (Å²) in [6.45, 7) is 0. The van der Waals surface area contributed by atoms with E-state index in [4.69, 9.17) is 18.9 Å². The molecule has 54 heavy (non-hydrogen) atoms. The van der Waals surface area contributed by atoms with Gasteiger partial charge < -0.3 is 28.1 Å². The van der Waals surface area contributed by atoms with Crippen molar-refractivity contribution in [3.8, 4) is 23.0 Å². The first-order valence-corrected chi connectivity index (χ1v) is 22.2. The number of aryl methyl sites for hydroxylation is 2. The van der Waals surface area contributed by atoms with Crippen molar-refractivity contribution in [2.75, 3.05) is 40.8 Å². The van der Waals surface area contributed by atoms with Crippen LogP contribution in [0.15, 0.2) is 97.1 Å². The molecule has 0 aromatic heterocycles. The van der Waals surface area contributed by atoms with Crippen LogP contribution in [0.4, 0.5) is 0 Å². The van der Waals surface area contributed by atoms with Crippen LogP contribution in [-0.4, -0.2) is 51.8 Å². The molecule has 0 radical (unpaired) electrons. The lowest BCUT2D eigenvalue weighted by atomic mass is 10.0. The fraction of sp³-hybridized carbons (Fsp3) is 0.409. The van der Waals surface area contributed by atoms with Crippen LogP contribution in [0.3, 0.4) is 0 Å². The highest BCUT2D eigenvalue weighted by molar-refractivity contribution is 7.64. The van der Waals surface area contributed by atoms with Gasteiger partial charge in [-0.05, 0) is 73.9 Å². The summed E-state index contributed by atoms with van der Waals surface area (Å²) in [6.07, 6.45) is 13.7. The molecule has 0 saturated heterocycles. The molecule has 0 saturated carbocycles. The van der Waals surface area contributed by atoms with E-state index in [1.54, 1.807) is 36.4 Å². The number of ether oxygens (including phenoxy) is 4. The summed E-state index contributed by atoms with van der Waals surface area (Å²) < 4.78 is 45.9. The Morgan fingerprint density at radius 2 is 0.704 bits per heavy atom. The third kappa shape index (κ3) is 15.0. The van der Waals surface area contributed by atoms with Crippen LogP contribution in [0.25, 0.3) is 0 Å². The zero-order valence-corrected chi connectivity index (χ0v) is 34.4. The Morgan fingerprint density at radius 1 is 0.407 bits per heavy atom. The Labute approximate surface area is 323 Å². The van der Waals surface area contributed by atoms with Gasteiger partial charge in [-0.1, -0.05) is 111 Å². The molecular weight excluding hydrogens is 718 g/mol. The van der Waals surface area contributed by atoms with Gasteiger partial charge in [-0.2, -0.15) is 0 Å². The van der Waals surface area contributed by atoms with Gasteiger partial charge in [-0.3, -0.25) is 9.59 Å². The number of unbranched alkanes of at least 4 members (excludes halogenated alkanes) is 8. The Bertz CT molecular complexity index is 1700. The van der Waals surface area contributed by atoms with E-state index < -0.39 is 15.6 Å². The second-order valence-corrected chi connectivity index (χ2v) is 16.7. The molecule has 2 atom stereocenters. The largest absolute Gasteiger partial charge is 0.496 e. The quantitative estimate of drug-likeness (QED) is 0.0512. The molecule has 4 rings (SSSR count). The van der Waals surface area contributed by atoms with Crippen LogP contribution in [-0.2, 0) is 22.0 Å². The SMILES string of the molecule is COc1cccc(OC)c1C(=O)[PH](=O)CCCCCCCCCc1ccccc1.COc1cccc(OC)c1C(=O)[PH](=O)CCCCCc1ccccc1. The van der Waals surface area contributed by atoms with Gasteiger partial charge in [0.05, 0.1) is 28.4 Å². The van der Waals surface area contributed by atoms with E-state index in [0.717, 1.165) is 51.4 Å². The van der Waals surface area contributed by atoms with Crippen LogP contribution < -0.4 is 18.9 Å². The van der Waals surface area contributed by atoms with Crippen LogP contribution >= 0.6 is 15.6 Å². The Balaban J connectivity index is 0.000000294. The molecule has 0 aliphatic rings. The maximum absolute atomic E-state index is 12.6. The number of rotatable bonds is 24. The second kappa shape index (κ2) is 25.8. The highest BCUT2D eigenvalue weighted by atomic mass is 31.1. The first-order valence-electron chi connectivity index (χ1n) is 19.0. The zero-order chi connectivity index (χ0) is 39.0. The number of carbonyl (C=O) groups excluding carboxylic acids is 2. The minimum Gasteiger partial charge on any atom is -0.496 e. The Morgan fingerprint density at radius 3 is 1.04 bits per heavy atom. The Hall–Kier alpha value is -4.12. The number of hydrogen-bond acceptors (Lipinski definition) is 8. The van der Waals surface area contributed by atoms with Gasteiger partial charge in [-0.15, -0.1) is 0 Å². The van der Waals surface area contributed by atoms with Gasteiger partial charge in [0.1, 0.15) is 49.7 Å². The van der Waals surface area contributed by atoms with Crippen LogP contribution in [0.5, 0.6) is 23.0 Å². The number of methoxy groups -OCH3 is 4. The lowest BCUT2D eigenvalue weighted by Crippen LogP contribution is -2.03. The average Bonchev–Trinajstić information content (AvgIpc) is 3.22. The van der Waals surface area contributed by atoms with Crippen LogP contribution in [0, 0.1) is 0 Å². The molecule has 0 bridgehead atoms. The van der Waals surface area contributed by atoms with E-state index in [1.165, 1.54) is 65.2 Å². The normalized spacial score (nSPS) is 11.8. The van der Waals surface area contributed by atoms with Crippen molar-refractivity contribution in [2.24, 2.45) is 0 Å². The van der Waals surface area contributed by atoms with Gasteiger partial charge in [0.15, 0.2) is 0 Å². The lowest BCUT2D eigenvalue weighted by molar-refractivity contribution is 0.106. The van der Waals surface area contributed by atoms with Gasteiger partial charge in [0, 0.05) is 12.3 Å². The molecule has 10 heteroatoms. The van der Waals surface area contributed by atoms with E-state index in [-0.39, 0.29) is 11.0 Å². The van der Waals surface area contributed by atoms with E-state index in [2.05, 4.69) is 42.5 Å². The lowest BCUT2D eigenvalue weighted by Gasteiger charge is -2.11. The summed E-state index contributed by atoms with van der Waals surface area (Å²) >= 11 is 0. The predicted octanol–water partition coefficient (Wildman–Crippen LogP) is 11.2. The van der Waals surface area contributed by atoms with Crippen molar-refractivity contribution in [1.82, 2.24) is 0 Å². The number of hydrogen-bond donors (Lipinski definition) is 0. The minimum atomic E-state index is -2.38. The highest BCUT2D eigenvalue weighted by Gasteiger charge is 2.24. The van der Waals surface area contributed by atoms with Crippen molar-refractivity contribution in [3.63, 3.8) is 0 Å². The number of carbonyl (C=O) groups is 2. The van der Waals surface area contributed by atoms with Crippen LogP contribution in [0.1, 0.15) is 96.1 Å². The molecule has 0 amide bonds. The monoisotopic (exact) mass is 776 g/mol. The van der Waals surface area contributed by atoms with Gasteiger partial charge >= 0.3 is 0 Å². The standard InChI is InChI=1S/C24H33O4P.C20H25O4P/c1-27-21-17-13-18-22(28-2)23(21)24(25)29(26)19-12-7-5-3-4-6-9-14-20-15-10-8-11-16-20;1-23-17-13-9-14-18(24-2)19(17)20(21)25(22)15-8-4-7-12-16-10-5-3-6-11-16/h8,10-11,13,15-18,29H,3-7,9,12,14,19H2,1-2H3;3,5-6,9-11,13-14,25H,4,7-8,12,15H2,1-2H3. The van der Waals surface area contributed by atoms with Crippen molar-refractivity contribution in [2.45, 2.75) is 77.0 Å². The van der Waals surface area contributed by atoms with E-state index in [9.17, 15) is 18.7 Å². The zero-order valence-electron chi connectivity index (χ0n) is 32.4. The summed E-state index contributed by atoms with van der Waals surface area (Å²) in [5.74, 6) is 1.66. The molecule has 0 aliphatic carbocycles. The van der Waals surface area contributed by atoms with Gasteiger partial charge in [0.2, 0.25) is 11.0 Å². The van der Waals surface area contributed by atoms with Gasteiger partial charge in [0.25, 0.3) is 0 Å². The first-order chi connectivity index (χ1) is 26.3. The summed E-state index contributed by atoms with van der Waals surface area (Å²) in [6, 6.07) is 31.2. The van der Waals surface area contributed by atoms with E-state index in [0.29, 0.717) is 46.4 Å². The third-order valence-corrected chi connectivity index (χ3v) is 12.4. The molecule has 0 spiro atoms. The topological polar surface area (TPSA) is 105 Å². The molecule has 4 aromatic rings. The summed E-state index contributed by atoms with van der Waals surface area (Å²) in [5.41, 5.74) is 2.62. The van der Waals surface area contributed by atoms with Crippen molar-refractivity contribution in [3.05, 3.63) is 119 Å². The van der Waals surface area contributed by atoms with E-state index >= 15 is 0 Å². The fourth-order valence-corrected chi connectivity index (χ4v) is 8.88. The summed E-state index contributed by atoms with van der Waals surface area (Å²) in [4.78, 5) is 25.2. The van der Waals surface area contributed by atoms with E-state index in [1.807, 2.05) is 18.2 Å².